The first-order chi connectivity index (χ1) is 39.2. The first-order valence-corrected chi connectivity index (χ1v) is 26.6. The summed E-state index contributed by atoms with van der Waals surface area (Å²) in [6.07, 6.45) is -0.448. The van der Waals surface area contributed by atoms with Crippen molar-refractivity contribution in [3.05, 3.63) is 272 Å². The molecule has 5 heterocycles. The minimum Gasteiger partial charge on any atom is -0.447 e. The summed E-state index contributed by atoms with van der Waals surface area (Å²) < 4.78 is 11.6. The van der Waals surface area contributed by atoms with Crippen LogP contribution in [0.3, 0.4) is 0 Å². The predicted octanol–water partition coefficient (Wildman–Crippen LogP) is 17.7. The largest absolute Gasteiger partial charge is 0.447 e. The van der Waals surface area contributed by atoms with Gasteiger partial charge in [-0.15, -0.1) is 0 Å². The van der Waals surface area contributed by atoms with Gasteiger partial charge in [0.1, 0.15) is 11.4 Å². The first kappa shape index (κ1) is 44.6. The molecule has 0 amide bonds. The lowest BCUT2D eigenvalue weighted by molar-refractivity contribution is 0.232. The molecule has 1 unspecified atom stereocenters. The fourth-order valence-electron chi connectivity index (χ4n) is 12.0. The van der Waals surface area contributed by atoms with Crippen LogP contribution >= 0.6 is 0 Å². The number of para-hydroxylation sites is 3. The van der Waals surface area contributed by atoms with Gasteiger partial charge in [-0.2, -0.15) is 4.98 Å². The van der Waals surface area contributed by atoms with E-state index in [1.807, 2.05) is 42.5 Å². The van der Waals surface area contributed by atoms with Gasteiger partial charge in [0, 0.05) is 60.6 Å². The lowest BCUT2D eigenvalue weighted by Crippen LogP contribution is -2.22. The van der Waals surface area contributed by atoms with Crippen molar-refractivity contribution >= 4 is 76.7 Å². The molecule has 0 N–H and O–H groups in total. The summed E-state index contributed by atoms with van der Waals surface area (Å²) in [4.78, 5) is 23.6. The molecular weight excluding hydrogens is 967 g/mol. The van der Waals surface area contributed by atoms with E-state index >= 15 is 0 Å². The molecule has 0 spiro atoms. The first-order valence-electron chi connectivity index (χ1n) is 26.6. The third kappa shape index (κ3) is 7.22. The third-order valence-electron chi connectivity index (χ3n) is 15.6. The zero-order chi connectivity index (χ0) is 52.0. The summed E-state index contributed by atoms with van der Waals surface area (Å²) in [5, 5.41) is 7.88. The molecule has 0 bridgehead atoms. The maximum atomic E-state index is 6.95. The van der Waals surface area contributed by atoms with Crippen molar-refractivity contribution in [1.82, 2.24) is 29.1 Å². The Hall–Kier alpha value is -10.7. The highest BCUT2D eigenvalue weighted by atomic mass is 16.5. The van der Waals surface area contributed by atoms with Gasteiger partial charge in [0.15, 0.2) is 5.82 Å². The van der Waals surface area contributed by atoms with Crippen molar-refractivity contribution in [1.29, 1.82) is 0 Å². The Morgan fingerprint density at radius 3 is 1.68 bits per heavy atom. The molecule has 1 aliphatic rings. The summed E-state index contributed by atoms with van der Waals surface area (Å²) in [5.74, 6) is 1.75. The van der Waals surface area contributed by atoms with E-state index in [4.69, 9.17) is 24.7 Å². The van der Waals surface area contributed by atoms with Crippen molar-refractivity contribution in [2.75, 3.05) is 4.90 Å². The summed E-state index contributed by atoms with van der Waals surface area (Å²) in [6, 6.07) is 93.8. The smallest absolute Gasteiger partial charge is 0.244 e. The molecule has 11 aromatic carbocycles. The summed E-state index contributed by atoms with van der Waals surface area (Å²) in [6.45, 7) is 0. The van der Waals surface area contributed by atoms with Gasteiger partial charge in [0.2, 0.25) is 18.1 Å². The summed E-state index contributed by atoms with van der Waals surface area (Å²) in [5.41, 5.74) is 15.9. The molecular formula is C71H45N7O. The molecule has 79 heavy (non-hydrogen) atoms. The fourth-order valence-corrected chi connectivity index (χ4v) is 12.0. The molecule has 370 valence electrons. The molecule has 1 atom stereocenters. The van der Waals surface area contributed by atoms with Gasteiger partial charge in [0.25, 0.3) is 0 Å². The number of rotatable bonds is 8. The van der Waals surface area contributed by atoms with Crippen LogP contribution in [0.1, 0.15) is 11.8 Å². The lowest BCUT2D eigenvalue weighted by Gasteiger charge is -2.26. The van der Waals surface area contributed by atoms with Crippen LogP contribution in [-0.2, 0) is 0 Å². The van der Waals surface area contributed by atoms with E-state index in [1.165, 1.54) is 10.8 Å². The van der Waals surface area contributed by atoms with Gasteiger partial charge >= 0.3 is 0 Å². The number of nitrogens with zero attached hydrogens (tertiary/aromatic N) is 7. The Balaban J connectivity index is 0.872. The number of fused-ring (bicyclic) bond motifs is 10. The zero-order valence-corrected chi connectivity index (χ0v) is 42.5. The van der Waals surface area contributed by atoms with Gasteiger partial charge < -0.3 is 9.30 Å². The quantitative estimate of drug-likeness (QED) is 0.151. The molecule has 8 heteroatoms. The number of hydrogen-bond acceptors (Lipinski definition) is 6. The third-order valence-corrected chi connectivity index (χ3v) is 15.6. The number of anilines is 2. The molecule has 0 saturated heterocycles. The normalized spacial score (nSPS) is 13.3. The second-order valence-electron chi connectivity index (χ2n) is 20.1. The Morgan fingerprint density at radius 1 is 0.342 bits per heavy atom. The number of hydrogen-bond donors (Lipinski definition) is 0. The van der Waals surface area contributed by atoms with Gasteiger partial charge in [0.05, 0.1) is 33.3 Å². The second-order valence-corrected chi connectivity index (χ2v) is 20.1. The van der Waals surface area contributed by atoms with Crippen molar-refractivity contribution in [3.63, 3.8) is 0 Å². The molecule has 0 radical (unpaired) electrons. The van der Waals surface area contributed by atoms with Crippen LogP contribution in [-0.4, -0.2) is 29.1 Å². The molecule has 0 aliphatic carbocycles. The van der Waals surface area contributed by atoms with Crippen LogP contribution < -0.4 is 9.64 Å². The van der Waals surface area contributed by atoms with Crippen molar-refractivity contribution < 1.29 is 4.74 Å². The molecule has 1 aliphatic heterocycles. The van der Waals surface area contributed by atoms with Crippen molar-refractivity contribution in [2.24, 2.45) is 0 Å². The van der Waals surface area contributed by atoms with Crippen LogP contribution in [0.4, 0.5) is 11.4 Å². The summed E-state index contributed by atoms with van der Waals surface area (Å²) in [7, 11) is 0. The molecule has 8 nitrogen and oxygen atoms in total. The van der Waals surface area contributed by atoms with E-state index in [9.17, 15) is 0 Å². The Bertz CT molecular complexity index is 4870. The highest BCUT2D eigenvalue weighted by Crippen LogP contribution is 2.52. The Labute approximate surface area is 454 Å². The minimum atomic E-state index is -0.448. The highest BCUT2D eigenvalue weighted by molar-refractivity contribution is 6.22. The van der Waals surface area contributed by atoms with Gasteiger partial charge in [-0.25, -0.2) is 15.0 Å². The molecule has 0 fully saturated rings. The van der Waals surface area contributed by atoms with Gasteiger partial charge in [-0.1, -0.05) is 194 Å². The Morgan fingerprint density at radius 2 is 0.924 bits per heavy atom. The second kappa shape index (κ2) is 18.0. The van der Waals surface area contributed by atoms with E-state index in [2.05, 4.69) is 238 Å². The monoisotopic (exact) mass is 1010 g/mol. The van der Waals surface area contributed by atoms with Crippen molar-refractivity contribution in [2.45, 2.75) is 6.23 Å². The highest BCUT2D eigenvalue weighted by Gasteiger charge is 2.38. The van der Waals surface area contributed by atoms with E-state index in [1.54, 1.807) is 0 Å². The topological polar surface area (TPSA) is 73.9 Å². The van der Waals surface area contributed by atoms with E-state index in [0.717, 1.165) is 116 Å². The van der Waals surface area contributed by atoms with E-state index in [0.29, 0.717) is 17.7 Å². The average molecular weight is 1010 g/mol. The number of aromatic nitrogens is 6. The minimum absolute atomic E-state index is 0.448. The average Bonchev–Trinajstić information content (AvgIpc) is 4.35. The SMILES string of the molecule is c1ccc(-c2nc(-c3ccc4c(c3)c3ccc(-c5ccc6c(c5)c5c7ccccc7ccc5n6-c5nc(-c6ccccc6)c6ccccc6n5)cc3n4-c3ccccc3)nc3c2N(c2ccccc2)C(c2ccccc2)O3)cc1. The van der Waals surface area contributed by atoms with Gasteiger partial charge in [-0.3, -0.25) is 9.47 Å². The number of benzene rings is 11. The molecule has 16 rings (SSSR count). The van der Waals surface area contributed by atoms with E-state index in [-0.39, 0.29) is 0 Å². The lowest BCUT2D eigenvalue weighted by atomic mass is 9.99. The number of ether oxygens (including phenoxy) is 1. The summed E-state index contributed by atoms with van der Waals surface area (Å²) >= 11 is 0. The van der Waals surface area contributed by atoms with Crippen molar-refractivity contribution in [3.8, 4) is 62.5 Å². The van der Waals surface area contributed by atoms with Crippen LogP contribution in [0.5, 0.6) is 5.88 Å². The standard InChI is InChI=1S/C71H45N7O/c1-6-21-46(22-7-1)65-56-32-18-19-33-59(56)72-71(74-65)78-61-39-36-49(42-58(61)64-54-31-17-16-20-45(54)35-41-62(64)78)50-34-38-55-57-43-51(37-40-60(57)76(63(55)44-50)52-27-12-4-13-28-52)68-73-66(47-23-8-2-9-24-47)67-69(75-68)79-70(48-25-10-3-11-26-48)77(67)53-29-14-5-15-30-53/h1-44,70H. The van der Waals surface area contributed by atoms with Crippen LogP contribution in [0.2, 0.25) is 0 Å². The van der Waals surface area contributed by atoms with Gasteiger partial charge in [-0.05, 0) is 94.7 Å². The Kier molecular flexibility index (Phi) is 10.1. The molecule has 4 aromatic heterocycles. The van der Waals surface area contributed by atoms with Crippen LogP contribution in [0.25, 0.3) is 122 Å². The maximum Gasteiger partial charge on any atom is 0.244 e. The van der Waals surface area contributed by atoms with Crippen LogP contribution in [0.15, 0.2) is 267 Å². The predicted molar refractivity (Wildman–Crippen MR) is 321 cm³/mol. The van der Waals surface area contributed by atoms with Crippen LogP contribution in [0, 0.1) is 0 Å². The van der Waals surface area contributed by atoms with E-state index < -0.39 is 6.23 Å². The fraction of sp³-hybridized carbons (Fsp3) is 0.0141. The molecule has 0 saturated carbocycles. The zero-order valence-electron chi connectivity index (χ0n) is 42.5. The molecule has 15 aromatic rings. The maximum absolute atomic E-state index is 6.95.